The van der Waals surface area contributed by atoms with Crippen molar-refractivity contribution in [2.75, 3.05) is 0 Å². The van der Waals surface area contributed by atoms with Crippen molar-refractivity contribution in [3.8, 4) is 6.07 Å². The molecule has 24 heavy (non-hydrogen) atoms. The number of primary amides is 1. The van der Waals surface area contributed by atoms with Crippen LogP contribution in [-0.2, 0) is 4.79 Å². The Labute approximate surface area is 146 Å². The largest absolute Gasteiger partial charge is 0.365 e. The van der Waals surface area contributed by atoms with Gasteiger partial charge < -0.3 is 5.73 Å². The van der Waals surface area contributed by atoms with Gasteiger partial charge in [-0.15, -0.1) is 0 Å². The van der Waals surface area contributed by atoms with Gasteiger partial charge in [0.15, 0.2) is 0 Å². The minimum absolute atomic E-state index is 0.134. The van der Waals surface area contributed by atoms with Gasteiger partial charge in [-0.05, 0) is 42.0 Å². The van der Waals surface area contributed by atoms with Crippen LogP contribution in [0.15, 0.2) is 57.8 Å². The molecule has 0 bridgehead atoms. The van der Waals surface area contributed by atoms with Crippen molar-refractivity contribution in [1.82, 2.24) is 0 Å². The van der Waals surface area contributed by atoms with Crippen molar-refractivity contribution in [3.05, 3.63) is 68.7 Å². The first kappa shape index (κ1) is 17.5. The molecule has 0 unspecified atom stereocenters. The van der Waals surface area contributed by atoms with Gasteiger partial charge in [0.1, 0.15) is 11.6 Å². The summed E-state index contributed by atoms with van der Waals surface area (Å²) in [6.45, 7) is 0. The van der Waals surface area contributed by atoms with E-state index < -0.39 is 10.8 Å². The molecule has 0 aromatic heterocycles. The van der Waals surface area contributed by atoms with Crippen LogP contribution in [0.25, 0.3) is 6.08 Å². The predicted molar refractivity (Wildman–Crippen MR) is 91.5 cm³/mol. The van der Waals surface area contributed by atoms with E-state index in [0.29, 0.717) is 15.5 Å². The Kier molecular flexibility index (Phi) is 5.58. The van der Waals surface area contributed by atoms with E-state index in [-0.39, 0.29) is 11.3 Å². The molecule has 120 valence electrons. The standard InChI is InChI=1S/C16H10ClN3O3S/c17-12-2-4-13(5-3-12)24-15-6-1-10(8-14(15)20(22)23)7-11(9-18)16(19)21/h1-8H,(H2,19,21). The first-order valence-corrected chi connectivity index (χ1v) is 7.73. The molecule has 0 atom stereocenters. The zero-order valence-electron chi connectivity index (χ0n) is 12.1. The monoisotopic (exact) mass is 359 g/mol. The molecule has 2 rings (SSSR count). The third-order valence-electron chi connectivity index (χ3n) is 2.92. The molecule has 2 aromatic carbocycles. The van der Waals surface area contributed by atoms with Gasteiger partial charge in [-0.1, -0.05) is 29.4 Å². The summed E-state index contributed by atoms with van der Waals surface area (Å²) in [5.74, 6) is -0.889. The zero-order chi connectivity index (χ0) is 17.7. The molecule has 1 amide bonds. The lowest BCUT2D eigenvalue weighted by Crippen LogP contribution is -2.12. The molecule has 0 fully saturated rings. The number of halogens is 1. The maximum atomic E-state index is 11.3. The SMILES string of the molecule is N#CC(=Cc1ccc(Sc2ccc(Cl)cc2)c([N+](=O)[O-])c1)C(N)=O. The Morgan fingerprint density at radius 3 is 2.50 bits per heavy atom. The molecular weight excluding hydrogens is 350 g/mol. The Balaban J connectivity index is 2.40. The van der Waals surface area contributed by atoms with Gasteiger partial charge in [0, 0.05) is 16.0 Å². The molecular formula is C16H10ClN3O3S. The molecule has 8 heteroatoms. The van der Waals surface area contributed by atoms with Crippen LogP contribution >= 0.6 is 23.4 Å². The number of nitrogens with two attached hydrogens (primary N) is 1. The number of nitrogens with zero attached hydrogens (tertiary/aromatic N) is 2. The quantitative estimate of drug-likeness (QED) is 0.378. The molecule has 0 aliphatic heterocycles. The number of carbonyl (C=O) groups excluding carboxylic acids is 1. The summed E-state index contributed by atoms with van der Waals surface area (Å²) in [4.78, 5) is 23.1. The minimum Gasteiger partial charge on any atom is -0.365 e. The number of hydrogen-bond acceptors (Lipinski definition) is 5. The molecule has 0 heterocycles. The number of nitro benzene ring substituents is 1. The number of carbonyl (C=O) groups is 1. The van der Waals surface area contributed by atoms with E-state index in [1.54, 1.807) is 42.5 Å². The summed E-state index contributed by atoms with van der Waals surface area (Å²) in [6.07, 6.45) is 1.21. The lowest BCUT2D eigenvalue weighted by molar-refractivity contribution is -0.387. The second kappa shape index (κ2) is 7.64. The van der Waals surface area contributed by atoms with E-state index in [1.807, 2.05) is 0 Å². The summed E-state index contributed by atoms with van der Waals surface area (Å²) in [5.41, 5.74) is 4.99. The molecule has 0 aliphatic rings. The molecule has 0 radical (unpaired) electrons. The highest BCUT2D eigenvalue weighted by Crippen LogP contribution is 2.36. The van der Waals surface area contributed by atoms with Crippen LogP contribution in [0.5, 0.6) is 0 Å². The van der Waals surface area contributed by atoms with Gasteiger partial charge in [0.25, 0.3) is 11.6 Å². The number of hydrogen-bond donors (Lipinski definition) is 1. The molecule has 2 N–H and O–H groups in total. The van der Waals surface area contributed by atoms with Crippen LogP contribution in [0.1, 0.15) is 5.56 Å². The van der Waals surface area contributed by atoms with Crippen LogP contribution in [-0.4, -0.2) is 10.8 Å². The maximum absolute atomic E-state index is 11.3. The lowest BCUT2D eigenvalue weighted by Gasteiger charge is -2.05. The third-order valence-corrected chi connectivity index (χ3v) is 4.24. The number of rotatable bonds is 5. The predicted octanol–water partition coefficient (Wildman–Crippen LogP) is 3.79. The Hall–Kier alpha value is -2.82. The average Bonchev–Trinajstić information content (AvgIpc) is 2.55. The van der Waals surface area contributed by atoms with Gasteiger partial charge >= 0.3 is 0 Å². The van der Waals surface area contributed by atoms with Gasteiger partial charge in [0.2, 0.25) is 0 Å². The van der Waals surface area contributed by atoms with E-state index in [2.05, 4.69) is 0 Å². The lowest BCUT2D eigenvalue weighted by atomic mass is 10.1. The van der Waals surface area contributed by atoms with Gasteiger partial charge in [0.05, 0.1) is 9.82 Å². The Morgan fingerprint density at radius 2 is 1.96 bits per heavy atom. The molecule has 0 aliphatic carbocycles. The summed E-state index contributed by atoms with van der Waals surface area (Å²) < 4.78 is 0. The first-order valence-electron chi connectivity index (χ1n) is 6.54. The van der Waals surface area contributed by atoms with E-state index in [4.69, 9.17) is 22.6 Å². The molecule has 6 nitrogen and oxygen atoms in total. The fourth-order valence-electron chi connectivity index (χ4n) is 1.81. The van der Waals surface area contributed by atoms with E-state index in [1.165, 1.54) is 23.9 Å². The fraction of sp³-hybridized carbons (Fsp3) is 0. The highest BCUT2D eigenvalue weighted by atomic mass is 35.5. The number of nitro groups is 1. The van der Waals surface area contributed by atoms with Crippen LogP contribution in [0.3, 0.4) is 0 Å². The van der Waals surface area contributed by atoms with Crippen molar-refractivity contribution in [2.24, 2.45) is 5.73 Å². The molecule has 0 saturated heterocycles. The van der Waals surface area contributed by atoms with Crippen molar-refractivity contribution in [1.29, 1.82) is 5.26 Å². The zero-order valence-corrected chi connectivity index (χ0v) is 13.7. The van der Waals surface area contributed by atoms with Crippen LogP contribution < -0.4 is 5.73 Å². The minimum atomic E-state index is -0.889. The van der Waals surface area contributed by atoms with E-state index in [9.17, 15) is 14.9 Å². The van der Waals surface area contributed by atoms with Gasteiger partial charge in [-0.3, -0.25) is 14.9 Å². The summed E-state index contributed by atoms with van der Waals surface area (Å²) in [5, 5.41) is 20.7. The van der Waals surface area contributed by atoms with Crippen molar-refractivity contribution in [2.45, 2.75) is 9.79 Å². The third kappa shape index (κ3) is 4.35. The number of benzene rings is 2. The maximum Gasteiger partial charge on any atom is 0.283 e. The number of nitriles is 1. The fourth-order valence-corrected chi connectivity index (χ4v) is 2.83. The average molecular weight is 360 g/mol. The molecule has 2 aromatic rings. The second-order valence-electron chi connectivity index (χ2n) is 4.57. The van der Waals surface area contributed by atoms with Gasteiger partial charge in [-0.25, -0.2) is 0 Å². The highest BCUT2D eigenvalue weighted by Gasteiger charge is 2.16. The Morgan fingerprint density at radius 1 is 1.29 bits per heavy atom. The summed E-state index contributed by atoms with van der Waals surface area (Å²) >= 11 is 7.03. The van der Waals surface area contributed by atoms with E-state index in [0.717, 1.165) is 4.90 Å². The number of amides is 1. The summed E-state index contributed by atoms with van der Waals surface area (Å²) in [6, 6.07) is 13.0. The topological polar surface area (TPSA) is 110 Å². The molecule has 0 saturated carbocycles. The van der Waals surface area contributed by atoms with Gasteiger partial charge in [-0.2, -0.15) is 5.26 Å². The first-order chi connectivity index (χ1) is 11.4. The Bertz CT molecular complexity index is 873. The van der Waals surface area contributed by atoms with Crippen molar-refractivity contribution in [3.63, 3.8) is 0 Å². The van der Waals surface area contributed by atoms with E-state index >= 15 is 0 Å². The summed E-state index contributed by atoms with van der Waals surface area (Å²) in [7, 11) is 0. The van der Waals surface area contributed by atoms with Crippen molar-refractivity contribution < 1.29 is 9.72 Å². The smallest absolute Gasteiger partial charge is 0.283 e. The second-order valence-corrected chi connectivity index (χ2v) is 6.13. The molecule has 0 spiro atoms. The normalized spacial score (nSPS) is 10.9. The van der Waals surface area contributed by atoms with Crippen LogP contribution in [0.4, 0.5) is 5.69 Å². The van der Waals surface area contributed by atoms with Crippen LogP contribution in [0, 0.1) is 21.4 Å². The van der Waals surface area contributed by atoms with Crippen LogP contribution in [0.2, 0.25) is 5.02 Å². The van der Waals surface area contributed by atoms with Crippen molar-refractivity contribution >= 4 is 41.0 Å². The highest BCUT2D eigenvalue weighted by molar-refractivity contribution is 7.99.